The number of carbonyl (C=O) groups excluding carboxylic acids is 2. The Labute approximate surface area is 168 Å². The van der Waals surface area contributed by atoms with E-state index in [0.29, 0.717) is 30.4 Å². The second-order valence-corrected chi connectivity index (χ2v) is 7.74. The van der Waals surface area contributed by atoms with Crippen molar-refractivity contribution in [3.8, 4) is 0 Å². The van der Waals surface area contributed by atoms with Gasteiger partial charge in [0.2, 0.25) is 5.91 Å². The SMILES string of the molecule is COCC(COC)N(c1ccc(C)cc1C(=O)OC)C(=O)[C@H]1CC[C@H](C)CC1. The Hall–Kier alpha value is -1.92. The van der Waals surface area contributed by atoms with Crippen molar-refractivity contribution in [3.63, 3.8) is 0 Å². The minimum absolute atomic E-state index is 0.0278. The Bertz CT molecular complexity index is 661. The second-order valence-electron chi connectivity index (χ2n) is 7.74. The molecule has 28 heavy (non-hydrogen) atoms. The molecule has 1 aromatic rings. The number of ether oxygens (including phenoxy) is 3. The van der Waals surface area contributed by atoms with Gasteiger partial charge in [-0.25, -0.2) is 4.79 Å². The average Bonchev–Trinajstić information content (AvgIpc) is 2.69. The van der Waals surface area contributed by atoms with Crippen molar-refractivity contribution in [2.75, 3.05) is 39.4 Å². The van der Waals surface area contributed by atoms with Crippen molar-refractivity contribution >= 4 is 17.6 Å². The van der Waals surface area contributed by atoms with E-state index in [1.165, 1.54) is 7.11 Å². The molecule has 156 valence electrons. The normalized spacial score (nSPS) is 19.5. The molecule has 2 rings (SSSR count). The molecule has 0 bridgehead atoms. The van der Waals surface area contributed by atoms with Crippen LogP contribution in [0.1, 0.15) is 48.5 Å². The Morgan fingerprint density at radius 2 is 1.68 bits per heavy atom. The minimum Gasteiger partial charge on any atom is -0.465 e. The van der Waals surface area contributed by atoms with Gasteiger partial charge in [0.1, 0.15) is 0 Å². The van der Waals surface area contributed by atoms with E-state index in [1.54, 1.807) is 25.2 Å². The first kappa shape index (κ1) is 22.4. The van der Waals surface area contributed by atoms with Crippen molar-refractivity contribution in [1.29, 1.82) is 0 Å². The molecule has 0 N–H and O–H groups in total. The number of carbonyl (C=O) groups is 2. The van der Waals surface area contributed by atoms with Crippen LogP contribution in [-0.2, 0) is 19.0 Å². The topological polar surface area (TPSA) is 65.1 Å². The van der Waals surface area contributed by atoms with Crippen LogP contribution in [-0.4, -0.2) is 52.5 Å². The van der Waals surface area contributed by atoms with Gasteiger partial charge in [0.25, 0.3) is 0 Å². The summed E-state index contributed by atoms with van der Waals surface area (Å²) in [4.78, 5) is 27.8. The Morgan fingerprint density at radius 1 is 1.07 bits per heavy atom. The van der Waals surface area contributed by atoms with Gasteiger partial charge >= 0.3 is 5.97 Å². The number of nitrogens with zero attached hydrogens (tertiary/aromatic N) is 1. The molecule has 6 heteroatoms. The third-order valence-corrected chi connectivity index (χ3v) is 5.50. The standard InChI is InChI=1S/C22H33NO5/c1-15-6-9-17(10-7-15)21(24)23(18(13-26-3)14-27-4)20-11-8-16(2)12-19(20)22(25)28-5/h8,11-12,15,17-18H,6-7,9-10,13-14H2,1-5H3/t15-,17-. The lowest BCUT2D eigenvalue weighted by Gasteiger charge is -2.36. The van der Waals surface area contributed by atoms with E-state index in [4.69, 9.17) is 14.2 Å². The first-order chi connectivity index (χ1) is 13.4. The van der Waals surface area contributed by atoms with E-state index < -0.39 is 5.97 Å². The van der Waals surface area contributed by atoms with Crippen LogP contribution in [0.4, 0.5) is 5.69 Å². The van der Waals surface area contributed by atoms with Crippen molar-refractivity contribution < 1.29 is 23.8 Å². The number of hydrogen-bond acceptors (Lipinski definition) is 5. The highest BCUT2D eigenvalue weighted by molar-refractivity contribution is 6.03. The Kier molecular flexibility index (Phi) is 8.45. The number of aryl methyl sites for hydroxylation is 1. The maximum atomic E-state index is 13.6. The lowest BCUT2D eigenvalue weighted by Crippen LogP contribution is -2.49. The molecule has 0 aliphatic heterocycles. The summed E-state index contributed by atoms with van der Waals surface area (Å²) < 4.78 is 15.7. The van der Waals surface area contributed by atoms with E-state index in [0.717, 1.165) is 31.2 Å². The van der Waals surface area contributed by atoms with Crippen LogP contribution in [0.5, 0.6) is 0 Å². The number of rotatable bonds is 8. The first-order valence-electron chi connectivity index (χ1n) is 9.92. The molecule has 1 aliphatic carbocycles. The number of hydrogen-bond donors (Lipinski definition) is 0. The fourth-order valence-electron chi connectivity index (χ4n) is 3.91. The van der Waals surface area contributed by atoms with Crippen LogP contribution >= 0.6 is 0 Å². The lowest BCUT2D eigenvalue weighted by atomic mass is 9.82. The predicted octanol–water partition coefficient (Wildman–Crippen LogP) is 3.60. The van der Waals surface area contributed by atoms with Crippen molar-refractivity contribution in [2.45, 2.75) is 45.6 Å². The zero-order valence-electron chi connectivity index (χ0n) is 17.7. The summed E-state index contributed by atoms with van der Waals surface area (Å²) in [6.45, 7) is 4.77. The molecule has 1 amide bonds. The molecule has 6 nitrogen and oxygen atoms in total. The smallest absolute Gasteiger partial charge is 0.339 e. The van der Waals surface area contributed by atoms with Crippen LogP contribution < -0.4 is 4.90 Å². The van der Waals surface area contributed by atoms with Gasteiger partial charge in [-0.15, -0.1) is 0 Å². The van der Waals surface area contributed by atoms with Crippen LogP contribution in [0.15, 0.2) is 18.2 Å². The van der Waals surface area contributed by atoms with E-state index in [1.807, 2.05) is 19.1 Å². The Morgan fingerprint density at radius 3 is 2.21 bits per heavy atom. The first-order valence-corrected chi connectivity index (χ1v) is 9.92. The van der Waals surface area contributed by atoms with Gasteiger partial charge in [0.15, 0.2) is 0 Å². The fraction of sp³-hybridized carbons (Fsp3) is 0.636. The number of amides is 1. The van der Waals surface area contributed by atoms with Gasteiger partial charge in [0.05, 0.1) is 37.6 Å². The highest BCUT2D eigenvalue weighted by Gasteiger charge is 2.35. The molecule has 0 heterocycles. The quantitative estimate of drug-likeness (QED) is 0.634. The number of methoxy groups -OCH3 is 3. The molecule has 0 aromatic heterocycles. The Balaban J connectivity index is 2.49. The molecule has 1 aliphatic rings. The van der Waals surface area contributed by atoms with Crippen LogP contribution in [0.3, 0.4) is 0 Å². The maximum absolute atomic E-state index is 13.6. The zero-order chi connectivity index (χ0) is 20.7. The molecule has 1 fully saturated rings. The van der Waals surface area contributed by atoms with Gasteiger partial charge in [-0.3, -0.25) is 4.79 Å². The van der Waals surface area contributed by atoms with Gasteiger partial charge in [-0.05, 0) is 50.7 Å². The molecule has 1 aromatic carbocycles. The average molecular weight is 392 g/mol. The summed E-state index contributed by atoms with van der Waals surface area (Å²) in [5.74, 6) is 0.165. The highest BCUT2D eigenvalue weighted by Crippen LogP contribution is 2.33. The van der Waals surface area contributed by atoms with Gasteiger partial charge in [0, 0.05) is 20.1 Å². The molecule has 0 atom stereocenters. The van der Waals surface area contributed by atoms with Crippen molar-refractivity contribution in [1.82, 2.24) is 0 Å². The third-order valence-electron chi connectivity index (χ3n) is 5.50. The van der Waals surface area contributed by atoms with Crippen molar-refractivity contribution in [2.24, 2.45) is 11.8 Å². The number of anilines is 1. The molecule has 0 spiro atoms. The summed E-state index contributed by atoms with van der Waals surface area (Å²) in [5, 5.41) is 0. The third kappa shape index (κ3) is 5.32. The monoisotopic (exact) mass is 391 g/mol. The van der Waals surface area contributed by atoms with Crippen LogP contribution in [0.25, 0.3) is 0 Å². The van der Waals surface area contributed by atoms with Gasteiger partial charge in [-0.2, -0.15) is 0 Å². The van der Waals surface area contributed by atoms with Gasteiger partial charge in [-0.1, -0.05) is 18.6 Å². The summed E-state index contributed by atoms with van der Waals surface area (Å²) in [7, 11) is 4.55. The van der Waals surface area contributed by atoms with E-state index >= 15 is 0 Å². The predicted molar refractivity (Wildman–Crippen MR) is 109 cm³/mol. The molecule has 0 radical (unpaired) electrons. The molecule has 1 saturated carbocycles. The highest BCUT2D eigenvalue weighted by atomic mass is 16.5. The summed E-state index contributed by atoms with van der Waals surface area (Å²) in [5.41, 5.74) is 1.87. The van der Waals surface area contributed by atoms with E-state index in [2.05, 4.69) is 6.92 Å². The molecule has 0 saturated heterocycles. The fourth-order valence-corrected chi connectivity index (χ4v) is 3.91. The summed E-state index contributed by atoms with van der Waals surface area (Å²) in [6, 6.07) is 5.17. The van der Waals surface area contributed by atoms with Crippen molar-refractivity contribution in [3.05, 3.63) is 29.3 Å². The lowest BCUT2D eigenvalue weighted by molar-refractivity contribution is -0.124. The number of esters is 1. The van der Waals surface area contributed by atoms with E-state index in [9.17, 15) is 9.59 Å². The van der Waals surface area contributed by atoms with Crippen LogP contribution in [0.2, 0.25) is 0 Å². The molecular weight excluding hydrogens is 358 g/mol. The van der Waals surface area contributed by atoms with Crippen LogP contribution in [0, 0.1) is 18.8 Å². The minimum atomic E-state index is -0.456. The number of benzene rings is 1. The molecular formula is C22H33NO5. The second kappa shape index (κ2) is 10.6. The summed E-state index contributed by atoms with van der Waals surface area (Å²) >= 11 is 0. The van der Waals surface area contributed by atoms with E-state index in [-0.39, 0.29) is 17.9 Å². The summed E-state index contributed by atoms with van der Waals surface area (Å²) in [6.07, 6.45) is 3.81. The maximum Gasteiger partial charge on any atom is 0.339 e. The largest absolute Gasteiger partial charge is 0.465 e. The van der Waals surface area contributed by atoms with Gasteiger partial charge < -0.3 is 19.1 Å². The zero-order valence-corrected chi connectivity index (χ0v) is 17.7. The molecule has 0 unspecified atom stereocenters.